The molecule has 0 aliphatic rings. The number of aryl methyl sites for hydroxylation is 2. The van der Waals surface area contributed by atoms with Crippen molar-refractivity contribution in [1.82, 2.24) is 10.1 Å². The van der Waals surface area contributed by atoms with E-state index in [4.69, 9.17) is 14.0 Å². The molecule has 0 aliphatic heterocycles. The second-order valence-electron chi connectivity index (χ2n) is 3.42. The number of aliphatic carboxylic acids is 1. The van der Waals surface area contributed by atoms with Gasteiger partial charge in [-0.05, 0) is 13.8 Å². The number of carbonyl (C=O) groups is 1. The Bertz CT molecular complexity index is 527. The Morgan fingerprint density at radius 1 is 1.50 bits per heavy atom. The lowest BCUT2D eigenvalue weighted by Gasteiger charge is -1.88. The molecule has 0 unspecified atom stereocenters. The molecule has 0 aliphatic carbocycles. The van der Waals surface area contributed by atoms with Gasteiger partial charge in [-0.15, -0.1) is 0 Å². The summed E-state index contributed by atoms with van der Waals surface area (Å²) in [4.78, 5) is 14.6. The van der Waals surface area contributed by atoms with Crippen molar-refractivity contribution in [3.63, 3.8) is 0 Å². The van der Waals surface area contributed by atoms with Crippen molar-refractivity contribution in [1.29, 1.82) is 0 Å². The highest BCUT2D eigenvalue weighted by Gasteiger charge is 2.16. The van der Waals surface area contributed by atoms with Crippen LogP contribution in [0.5, 0.6) is 0 Å². The molecule has 6 nitrogen and oxygen atoms in total. The van der Waals surface area contributed by atoms with Gasteiger partial charge in [-0.25, -0.2) is 4.98 Å². The summed E-state index contributed by atoms with van der Waals surface area (Å²) in [7, 11) is 0. The number of aromatic nitrogens is 2. The van der Waals surface area contributed by atoms with E-state index in [1.807, 2.05) is 0 Å². The lowest BCUT2D eigenvalue weighted by atomic mass is 10.3. The molecule has 2 aromatic heterocycles. The molecule has 0 saturated carbocycles. The average molecular weight is 222 g/mol. The molecular weight excluding hydrogens is 212 g/mol. The predicted octanol–water partition coefficient (Wildman–Crippen LogP) is 1.57. The highest BCUT2D eigenvalue weighted by Crippen LogP contribution is 2.21. The number of hydrogen-bond donors (Lipinski definition) is 1. The standard InChI is InChI=1S/C10H10N2O4/c1-5-3-8(12-16-5)10-11-7(4-9(13)14)6(2)15-10/h3H,4H2,1-2H3,(H,13,14). The quantitative estimate of drug-likeness (QED) is 0.847. The van der Waals surface area contributed by atoms with Gasteiger partial charge in [0, 0.05) is 6.07 Å². The number of hydrogen-bond acceptors (Lipinski definition) is 5. The van der Waals surface area contributed by atoms with Crippen LogP contribution < -0.4 is 0 Å². The maximum atomic E-state index is 10.6. The molecule has 16 heavy (non-hydrogen) atoms. The van der Waals surface area contributed by atoms with Gasteiger partial charge in [0.05, 0.1) is 12.1 Å². The Balaban J connectivity index is 2.33. The van der Waals surface area contributed by atoms with Crippen molar-refractivity contribution in [2.24, 2.45) is 0 Å². The minimum Gasteiger partial charge on any atom is -0.481 e. The maximum Gasteiger partial charge on any atom is 0.309 e. The van der Waals surface area contributed by atoms with E-state index in [9.17, 15) is 4.79 Å². The monoisotopic (exact) mass is 222 g/mol. The topological polar surface area (TPSA) is 89.4 Å². The van der Waals surface area contributed by atoms with Crippen molar-refractivity contribution < 1.29 is 18.8 Å². The number of carboxylic acids is 1. The second kappa shape index (κ2) is 3.80. The van der Waals surface area contributed by atoms with Gasteiger partial charge < -0.3 is 14.0 Å². The Morgan fingerprint density at radius 2 is 2.25 bits per heavy atom. The van der Waals surface area contributed by atoms with E-state index in [0.29, 0.717) is 22.9 Å². The van der Waals surface area contributed by atoms with Gasteiger partial charge in [0.25, 0.3) is 0 Å². The second-order valence-corrected chi connectivity index (χ2v) is 3.42. The molecular formula is C10H10N2O4. The third-order valence-electron chi connectivity index (χ3n) is 2.06. The first kappa shape index (κ1) is 10.4. The van der Waals surface area contributed by atoms with E-state index >= 15 is 0 Å². The minimum atomic E-state index is -0.945. The number of oxazole rings is 1. The predicted molar refractivity (Wildman–Crippen MR) is 52.8 cm³/mol. The molecule has 84 valence electrons. The molecule has 0 aromatic carbocycles. The van der Waals surface area contributed by atoms with Crippen LogP contribution in [0.2, 0.25) is 0 Å². The lowest BCUT2D eigenvalue weighted by molar-refractivity contribution is -0.136. The van der Waals surface area contributed by atoms with Crippen LogP contribution in [0.1, 0.15) is 17.2 Å². The number of nitrogens with zero attached hydrogens (tertiary/aromatic N) is 2. The zero-order valence-electron chi connectivity index (χ0n) is 8.85. The van der Waals surface area contributed by atoms with Crippen LogP contribution in [0, 0.1) is 13.8 Å². The maximum absolute atomic E-state index is 10.6. The van der Waals surface area contributed by atoms with Crippen LogP contribution in [-0.2, 0) is 11.2 Å². The summed E-state index contributed by atoms with van der Waals surface area (Å²) in [6.45, 7) is 3.42. The van der Waals surface area contributed by atoms with Gasteiger partial charge >= 0.3 is 5.97 Å². The van der Waals surface area contributed by atoms with Gasteiger partial charge in [-0.1, -0.05) is 5.16 Å². The fourth-order valence-electron chi connectivity index (χ4n) is 1.31. The first-order valence-electron chi connectivity index (χ1n) is 4.68. The molecule has 0 fully saturated rings. The molecule has 0 bridgehead atoms. The van der Waals surface area contributed by atoms with Crippen LogP contribution in [0.25, 0.3) is 11.6 Å². The van der Waals surface area contributed by atoms with Gasteiger partial charge in [-0.2, -0.15) is 0 Å². The van der Waals surface area contributed by atoms with Gasteiger partial charge in [-0.3, -0.25) is 4.79 Å². The highest BCUT2D eigenvalue weighted by atomic mass is 16.5. The minimum absolute atomic E-state index is 0.161. The summed E-state index contributed by atoms with van der Waals surface area (Å²) in [5, 5.41) is 12.4. The molecule has 6 heteroatoms. The van der Waals surface area contributed by atoms with Gasteiger partial charge in [0.2, 0.25) is 5.89 Å². The summed E-state index contributed by atoms with van der Waals surface area (Å²) in [6.07, 6.45) is -0.161. The SMILES string of the molecule is Cc1cc(-c2nc(CC(=O)O)c(C)o2)no1. The summed E-state index contributed by atoms with van der Waals surface area (Å²) < 4.78 is 10.2. The van der Waals surface area contributed by atoms with Crippen LogP contribution in [0.15, 0.2) is 15.0 Å². The largest absolute Gasteiger partial charge is 0.481 e. The Labute approximate surface area is 90.9 Å². The summed E-state index contributed by atoms with van der Waals surface area (Å²) in [6, 6.07) is 1.68. The molecule has 0 atom stereocenters. The van der Waals surface area contributed by atoms with Crippen molar-refractivity contribution in [2.75, 3.05) is 0 Å². The summed E-state index contributed by atoms with van der Waals surface area (Å²) in [5.74, 6) is 0.466. The van der Waals surface area contributed by atoms with Gasteiger partial charge in [0.15, 0.2) is 5.69 Å². The normalized spacial score (nSPS) is 10.6. The van der Waals surface area contributed by atoms with Crippen molar-refractivity contribution >= 4 is 5.97 Å². The molecule has 0 amide bonds. The summed E-state index contributed by atoms with van der Waals surface area (Å²) >= 11 is 0. The van der Waals surface area contributed by atoms with Crippen LogP contribution in [-0.4, -0.2) is 21.2 Å². The zero-order valence-corrected chi connectivity index (χ0v) is 8.85. The number of carboxylic acid groups (broad SMARTS) is 1. The molecule has 2 heterocycles. The molecule has 2 rings (SSSR count). The fourth-order valence-corrected chi connectivity index (χ4v) is 1.31. The molecule has 1 N–H and O–H groups in total. The first-order valence-corrected chi connectivity index (χ1v) is 4.68. The third kappa shape index (κ3) is 1.95. The van der Waals surface area contributed by atoms with Crippen LogP contribution in [0.4, 0.5) is 0 Å². The highest BCUT2D eigenvalue weighted by molar-refractivity contribution is 5.70. The van der Waals surface area contributed by atoms with Crippen LogP contribution >= 0.6 is 0 Å². The summed E-state index contributed by atoms with van der Waals surface area (Å²) in [5.41, 5.74) is 0.875. The Hall–Kier alpha value is -2.11. The zero-order chi connectivity index (χ0) is 11.7. The Morgan fingerprint density at radius 3 is 2.81 bits per heavy atom. The van der Waals surface area contributed by atoms with E-state index < -0.39 is 5.97 Å². The van der Waals surface area contributed by atoms with E-state index in [1.54, 1.807) is 19.9 Å². The van der Waals surface area contributed by atoms with Crippen molar-refractivity contribution in [2.45, 2.75) is 20.3 Å². The smallest absolute Gasteiger partial charge is 0.309 e. The lowest BCUT2D eigenvalue weighted by Crippen LogP contribution is -2.01. The van der Waals surface area contributed by atoms with Crippen molar-refractivity contribution in [3.05, 3.63) is 23.3 Å². The average Bonchev–Trinajstić information content (AvgIpc) is 2.74. The van der Waals surface area contributed by atoms with Crippen molar-refractivity contribution in [3.8, 4) is 11.6 Å². The Kier molecular flexibility index (Phi) is 2.47. The molecule has 0 radical (unpaired) electrons. The molecule has 2 aromatic rings. The van der Waals surface area contributed by atoms with Crippen LogP contribution in [0.3, 0.4) is 0 Å². The van der Waals surface area contributed by atoms with E-state index in [2.05, 4.69) is 10.1 Å². The first-order chi connectivity index (χ1) is 7.56. The van der Waals surface area contributed by atoms with E-state index in [-0.39, 0.29) is 12.3 Å². The number of rotatable bonds is 3. The third-order valence-corrected chi connectivity index (χ3v) is 2.06. The fraction of sp³-hybridized carbons (Fsp3) is 0.300. The van der Waals surface area contributed by atoms with Gasteiger partial charge in [0.1, 0.15) is 11.5 Å². The van der Waals surface area contributed by atoms with E-state index in [0.717, 1.165) is 0 Å². The molecule has 0 saturated heterocycles. The molecule has 0 spiro atoms. The van der Waals surface area contributed by atoms with E-state index in [1.165, 1.54) is 0 Å².